The van der Waals surface area contributed by atoms with Gasteiger partial charge in [0.1, 0.15) is 11.4 Å². The Bertz CT molecular complexity index is 892. The van der Waals surface area contributed by atoms with Crippen LogP contribution in [0.5, 0.6) is 5.75 Å². The van der Waals surface area contributed by atoms with Gasteiger partial charge in [-0.1, -0.05) is 30.3 Å². The number of ether oxygens (including phenoxy) is 3. The van der Waals surface area contributed by atoms with Crippen molar-refractivity contribution in [2.75, 3.05) is 12.0 Å². The Balaban J connectivity index is 1.77. The molecule has 3 atom stereocenters. The molecule has 7 nitrogen and oxygen atoms in total. The van der Waals surface area contributed by atoms with E-state index in [-0.39, 0.29) is 11.9 Å². The van der Waals surface area contributed by atoms with Gasteiger partial charge in [-0.25, -0.2) is 4.79 Å². The molecule has 1 aliphatic rings. The van der Waals surface area contributed by atoms with E-state index in [4.69, 9.17) is 14.2 Å². The van der Waals surface area contributed by atoms with Crippen LogP contribution in [0.1, 0.15) is 33.3 Å². The quantitative estimate of drug-likeness (QED) is 0.680. The zero-order chi connectivity index (χ0) is 22.6. The lowest BCUT2D eigenvalue weighted by molar-refractivity contribution is -0.144. The van der Waals surface area contributed by atoms with Crippen molar-refractivity contribution in [1.29, 1.82) is 0 Å². The van der Waals surface area contributed by atoms with Crippen molar-refractivity contribution < 1.29 is 23.8 Å². The number of methoxy groups -OCH3 is 1. The first-order chi connectivity index (χ1) is 14.7. The molecule has 0 saturated carbocycles. The standard InChI is InChI=1S/C24H30N2O5/c1-16(25-23(28)31-24(2,3)4)20-21(30-15-17-9-7-6-8-10-17)22(27)26(20)18-11-13-19(29-5)14-12-18/h6-14,16,20-21H,15H2,1-5H3,(H,25,28)/t16-,20+,21-/m0/s1. The minimum Gasteiger partial charge on any atom is -0.497 e. The summed E-state index contributed by atoms with van der Waals surface area (Å²) in [5.74, 6) is 0.550. The summed E-state index contributed by atoms with van der Waals surface area (Å²) in [7, 11) is 1.59. The van der Waals surface area contributed by atoms with Crippen molar-refractivity contribution in [3.05, 3.63) is 60.2 Å². The van der Waals surface area contributed by atoms with Gasteiger partial charge in [0.2, 0.25) is 0 Å². The van der Waals surface area contributed by atoms with E-state index in [1.165, 1.54) is 0 Å². The molecule has 2 amide bonds. The first-order valence-corrected chi connectivity index (χ1v) is 10.3. The van der Waals surface area contributed by atoms with Crippen LogP contribution >= 0.6 is 0 Å². The van der Waals surface area contributed by atoms with E-state index in [2.05, 4.69) is 5.32 Å². The van der Waals surface area contributed by atoms with E-state index < -0.39 is 23.8 Å². The molecular formula is C24H30N2O5. The average Bonchev–Trinajstić information content (AvgIpc) is 2.71. The molecule has 7 heteroatoms. The third-order valence-corrected chi connectivity index (χ3v) is 4.97. The summed E-state index contributed by atoms with van der Waals surface area (Å²) in [6.45, 7) is 7.57. The van der Waals surface area contributed by atoms with Crippen LogP contribution in [0.4, 0.5) is 10.5 Å². The van der Waals surface area contributed by atoms with E-state index in [1.54, 1.807) is 44.9 Å². The first-order valence-electron chi connectivity index (χ1n) is 10.3. The largest absolute Gasteiger partial charge is 0.497 e. The highest BCUT2D eigenvalue weighted by atomic mass is 16.6. The summed E-state index contributed by atoms with van der Waals surface area (Å²) in [6.07, 6.45) is -1.21. The number of hydrogen-bond donors (Lipinski definition) is 1. The average molecular weight is 427 g/mol. The van der Waals surface area contributed by atoms with Crippen LogP contribution < -0.4 is 15.0 Å². The van der Waals surface area contributed by atoms with Gasteiger partial charge in [-0.05, 0) is 57.5 Å². The van der Waals surface area contributed by atoms with Gasteiger partial charge in [-0.15, -0.1) is 0 Å². The maximum atomic E-state index is 13.0. The fourth-order valence-corrected chi connectivity index (χ4v) is 3.52. The Morgan fingerprint density at radius 2 is 1.74 bits per heavy atom. The molecule has 0 spiro atoms. The predicted molar refractivity (Wildman–Crippen MR) is 118 cm³/mol. The number of nitrogens with one attached hydrogen (secondary N) is 1. The van der Waals surface area contributed by atoms with Gasteiger partial charge in [0, 0.05) is 5.69 Å². The smallest absolute Gasteiger partial charge is 0.407 e. The molecule has 2 aromatic carbocycles. The third-order valence-electron chi connectivity index (χ3n) is 4.97. The summed E-state index contributed by atoms with van der Waals surface area (Å²) < 4.78 is 16.6. The Morgan fingerprint density at radius 3 is 2.32 bits per heavy atom. The Hall–Kier alpha value is -3.06. The summed E-state index contributed by atoms with van der Waals surface area (Å²) in [4.78, 5) is 27.0. The second-order valence-corrected chi connectivity index (χ2v) is 8.55. The lowest BCUT2D eigenvalue weighted by Gasteiger charge is -2.49. The maximum absolute atomic E-state index is 13.0. The number of amides is 2. The molecule has 1 fully saturated rings. The molecule has 31 heavy (non-hydrogen) atoms. The van der Waals surface area contributed by atoms with Gasteiger partial charge in [0.25, 0.3) is 5.91 Å². The summed E-state index contributed by atoms with van der Waals surface area (Å²) >= 11 is 0. The van der Waals surface area contributed by atoms with Gasteiger partial charge in [0.05, 0.1) is 25.8 Å². The predicted octanol–water partition coefficient (Wildman–Crippen LogP) is 3.91. The van der Waals surface area contributed by atoms with Crippen LogP contribution in [0, 0.1) is 0 Å². The number of hydrogen-bond acceptors (Lipinski definition) is 5. The zero-order valence-electron chi connectivity index (χ0n) is 18.6. The molecule has 1 N–H and O–H groups in total. The van der Waals surface area contributed by atoms with Crippen LogP contribution in [-0.2, 0) is 20.9 Å². The van der Waals surface area contributed by atoms with Crippen LogP contribution in [-0.4, -0.2) is 42.9 Å². The maximum Gasteiger partial charge on any atom is 0.407 e. The molecule has 0 aromatic heterocycles. The highest BCUT2D eigenvalue weighted by Gasteiger charge is 2.52. The second kappa shape index (κ2) is 9.39. The van der Waals surface area contributed by atoms with Crippen LogP contribution in [0.3, 0.4) is 0 Å². The van der Waals surface area contributed by atoms with E-state index in [0.29, 0.717) is 18.0 Å². The van der Waals surface area contributed by atoms with Crippen molar-refractivity contribution in [3.63, 3.8) is 0 Å². The number of anilines is 1. The van der Waals surface area contributed by atoms with Gasteiger partial charge >= 0.3 is 6.09 Å². The fraction of sp³-hybridized carbons (Fsp3) is 0.417. The molecule has 0 unspecified atom stereocenters. The van der Waals surface area contributed by atoms with Gasteiger partial charge in [0.15, 0.2) is 6.10 Å². The van der Waals surface area contributed by atoms with Crippen molar-refractivity contribution in [1.82, 2.24) is 5.32 Å². The van der Waals surface area contributed by atoms with Crippen molar-refractivity contribution in [2.24, 2.45) is 0 Å². The molecule has 2 aromatic rings. The number of β-lactam (4-membered cyclic amide) rings is 1. The van der Waals surface area contributed by atoms with Crippen LogP contribution in [0.25, 0.3) is 0 Å². The minimum absolute atomic E-state index is 0.149. The van der Waals surface area contributed by atoms with E-state index in [1.807, 2.05) is 49.4 Å². The summed E-state index contributed by atoms with van der Waals surface area (Å²) in [5, 5.41) is 2.85. The molecule has 0 bridgehead atoms. The summed E-state index contributed by atoms with van der Waals surface area (Å²) in [5.41, 5.74) is 1.08. The Labute approximate surface area is 183 Å². The van der Waals surface area contributed by atoms with Gasteiger partial charge in [-0.3, -0.25) is 4.79 Å². The molecule has 0 aliphatic carbocycles. The second-order valence-electron chi connectivity index (χ2n) is 8.55. The number of benzene rings is 2. The van der Waals surface area contributed by atoms with Crippen molar-refractivity contribution in [2.45, 2.75) is 58.1 Å². The molecule has 0 radical (unpaired) electrons. The van der Waals surface area contributed by atoms with Gasteiger partial charge in [-0.2, -0.15) is 0 Å². The third kappa shape index (κ3) is 5.55. The summed E-state index contributed by atoms with van der Waals surface area (Å²) in [6, 6.07) is 16.1. The van der Waals surface area contributed by atoms with Gasteiger partial charge < -0.3 is 24.4 Å². The minimum atomic E-state index is -0.674. The molecule has 166 valence electrons. The number of rotatable bonds is 7. The van der Waals surface area contributed by atoms with E-state index >= 15 is 0 Å². The van der Waals surface area contributed by atoms with Crippen molar-refractivity contribution in [3.8, 4) is 5.75 Å². The normalized spacial score (nSPS) is 19.4. The van der Waals surface area contributed by atoms with Crippen LogP contribution in [0.15, 0.2) is 54.6 Å². The monoisotopic (exact) mass is 426 g/mol. The van der Waals surface area contributed by atoms with E-state index in [0.717, 1.165) is 5.56 Å². The molecule has 1 heterocycles. The molecule has 1 saturated heterocycles. The number of alkyl carbamates (subject to hydrolysis) is 1. The fourth-order valence-electron chi connectivity index (χ4n) is 3.52. The number of nitrogens with zero attached hydrogens (tertiary/aromatic N) is 1. The highest BCUT2D eigenvalue weighted by molar-refractivity contribution is 6.05. The Kier molecular flexibility index (Phi) is 6.85. The lowest BCUT2D eigenvalue weighted by atomic mass is 9.90. The zero-order valence-corrected chi connectivity index (χ0v) is 18.6. The molecule has 1 aliphatic heterocycles. The van der Waals surface area contributed by atoms with Crippen molar-refractivity contribution >= 4 is 17.7 Å². The lowest BCUT2D eigenvalue weighted by Crippen LogP contribution is -2.72. The number of carbonyl (C=O) groups is 2. The van der Waals surface area contributed by atoms with E-state index in [9.17, 15) is 9.59 Å². The van der Waals surface area contributed by atoms with Crippen LogP contribution in [0.2, 0.25) is 0 Å². The topological polar surface area (TPSA) is 77.1 Å². The number of carbonyl (C=O) groups excluding carboxylic acids is 2. The molecular weight excluding hydrogens is 396 g/mol. The SMILES string of the molecule is COc1ccc(N2C(=O)[C@@H](OCc3ccccc3)[C@H]2[C@H](C)NC(=O)OC(C)(C)C)cc1. The Morgan fingerprint density at radius 1 is 1.10 bits per heavy atom. The highest BCUT2D eigenvalue weighted by Crippen LogP contribution is 2.33. The molecule has 3 rings (SSSR count). The first kappa shape index (κ1) is 22.6.